The number of aryl methyl sites for hydroxylation is 1. The molecule has 4 nitrogen and oxygen atoms in total. The van der Waals surface area contributed by atoms with Crippen molar-refractivity contribution in [3.05, 3.63) is 64.7 Å². The van der Waals surface area contributed by atoms with E-state index in [1.807, 2.05) is 39.0 Å². The number of aliphatic imine (C=N–C) groups is 1. The van der Waals surface area contributed by atoms with Crippen molar-refractivity contribution in [3.8, 4) is 0 Å². The minimum Gasteiger partial charge on any atom is -0.270 e. The van der Waals surface area contributed by atoms with E-state index in [0.717, 1.165) is 22.5 Å². The molecule has 0 saturated carbocycles. The Labute approximate surface area is 135 Å². The van der Waals surface area contributed by atoms with Gasteiger partial charge < -0.3 is 0 Å². The summed E-state index contributed by atoms with van der Waals surface area (Å²) in [5.41, 5.74) is 4.82. The zero-order chi connectivity index (χ0) is 16.6. The molecule has 2 aromatic carbocycles. The highest BCUT2D eigenvalue weighted by atomic mass is 16.2. The first-order valence-electron chi connectivity index (χ1n) is 7.54. The molecule has 2 aromatic rings. The molecule has 3 rings (SSSR count). The maximum atomic E-state index is 12.4. The van der Waals surface area contributed by atoms with Crippen LogP contribution in [0.1, 0.15) is 45.7 Å². The minimum absolute atomic E-state index is 0.227. The number of hydrogen-bond acceptors (Lipinski definition) is 3. The maximum Gasteiger partial charge on any atom is 0.261 e. The summed E-state index contributed by atoms with van der Waals surface area (Å²) in [6.45, 7) is 6.16. The predicted octanol–water partition coefficient (Wildman–Crippen LogP) is 3.90. The molecule has 0 saturated heterocycles. The van der Waals surface area contributed by atoms with E-state index >= 15 is 0 Å². The van der Waals surface area contributed by atoms with Crippen LogP contribution in [0.5, 0.6) is 0 Å². The van der Waals surface area contributed by atoms with Crippen LogP contribution in [0.2, 0.25) is 0 Å². The second-order valence-corrected chi connectivity index (χ2v) is 5.92. The van der Waals surface area contributed by atoms with Crippen molar-refractivity contribution in [1.29, 1.82) is 0 Å². The highest BCUT2D eigenvalue weighted by molar-refractivity contribution is 6.21. The van der Waals surface area contributed by atoms with Gasteiger partial charge in [-0.3, -0.25) is 19.5 Å². The number of imide groups is 1. The van der Waals surface area contributed by atoms with E-state index < -0.39 is 0 Å². The van der Waals surface area contributed by atoms with Gasteiger partial charge in [0.1, 0.15) is 0 Å². The number of hydrogen-bond donors (Lipinski definition) is 0. The van der Waals surface area contributed by atoms with Crippen molar-refractivity contribution in [3.63, 3.8) is 0 Å². The molecular formula is C19H18N2O2. The standard InChI is InChI=1S/C19H18N2O2/c1-12(2)20-17-9-8-14(10-13(17)3)11-21-18(22)15-6-4-5-7-16(15)19(21)23/h4-10H,11H2,1-3H3. The average Bonchev–Trinajstić information content (AvgIpc) is 2.75. The topological polar surface area (TPSA) is 49.7 Å². The summed E-state index contributed by atoms with van der Waals surface area (Å²) < 4.78 is 0. The number of amides is 2. The van der Waals surface area contributed by atoms with Crippen LogP contribution < -0.4 is 0 Å². The van der Waals surface area contributed by atoms with Gasteiger partial charge in [-0.2, -0.15) is 0 Å². The molecule has 23 heavy (non-hydrogen) atoms. The Kier molecular flexibility index (Phi) is 3.82. The van der Waals surface area contributed by atoms with E-state index in [1.54, 1.807) is 24.3 Å². The van der Waals surface area contributed by atoms with Gasteiger partial charge in [0.2, 0.25) is 0 Å². The third kappa shape index (κ3) is 2.80. The molecule has 0 aromatic heterocycles. The van der Waals surface area contributed by atoms with Crippen LogP contribution in [0.3, 0.4) is 0 Å². The average molecular weight is 306 g/mol. The number of benzene rings is 2. The summed E-state index contributed by atoms with van der Waals surface area (Å²) in [5, 5.41) is 0. The lowest BCUT2D eigenvalue weighted by atomic mass is 10.1. The van der Waals surface area contributed by atoms with Gasteiger partial charge in [0.25, 0.3) is 11.8 Å². The van der Waals surface area contributed by atoms with Gasteiger partial charge in [0.15, 0.2) is 0 Å². The van der Waals surface area contributed by atoms with Crippen LogP contribution in [-0.4, -0.2) is 22.4 Å². The minimum atomic E-state index is -0.227. The fraction of sp³-hybridized carbons (Fsp3) is 0.211. The third-order valence-electron chi connectivity index (χ3n) is 3.82. The lowest BCUT2D eigenvalue weighted by Crippen LogP contribution is -2.29. The summed E-state index contributed by atoms with van der Waals surface area (Å²) in [5.74, 6) is -0.454. The van der Waals surface area contributed by atoms with E-state index in [2.05, 4.69) is 4.99 Å². The monoisotopic (exact) mass is 306 g/mol. The molecule has 0 radical (unpaired) electrons. The van der Waals surface area contributed by atoms with Crippen molar-refractivity contribution in [2.75, 3.05) is 0 Å². The summed E-state index contributed by atoms with van der Waals surface area (Å²) >= 11 is 0. The first-order valence-corrected chi connectivity index (χ1v) is 7.54. The molecule has 0 spiro atoms. The van der Waals surface area contributed by atoms with Crippen LogP contribution in [0.25, 0.3) is 0 Å². The Morgan fingerprint density at radius 2 is 1.61 bits per heavy atom. The molecule has 1 aliphatic heterocycles. The second kappa shape index (κ2) is 5.80. The molecular weight excluding hydrogens is 288 g/mol. The normalized spacial score (nSPS) is 13.3. The zero-order valence-corrected chi connectivity index (χ0v) is 13.5. The summed E-state index contributed by atoms with van der Waals surface area (Å²) in [7, 11) is 0. The fourth-order valence-electron chi connectivity index (χ4n) is 2.75. The van der Waals surface area contributed by atoms with Crippen LogP contribution >= 0.6 is 0 Å². The van der Waals surface area contributed by atoms with Gasteiger partial charge >= 0.3 is 0 Å². The molecule has 1 aliphatic rings. The number of rotatable bonds is 3. The summed E-state index contributed by atoms with van der Waals surface area (Å²) in [6.07, 6.45) is 0. The summed E-state index contributed by atoms with van der Waals surface area (Å²) in [6, 6.07) is 12.8. The molecule has 116 valence electrons. The summed E-state index contributed by atoms with van der Waals surface area (Å²) in [4.78, 5) is 30.5. The lowest BCUT2D eigenvalue weighted by Gasteiger charge is -2.14. The Bertz CT molecular complexity index is 798. The number of fused-ring (bicyclic) bond motifs is 1. The molecule has 2 amide bonds. The smallest absolute Gasteiger partial charge is 0.261 e. The second-order valence-electron chi connectivity index (χ2n) is 5.92. The number of carbonyl (C=O) groups is 2. The Hall–Kier alpha value is -2.75. The van der Waals surface area contributed by atoms with Crippen molar-refractivity contribution >= 4 is 23.2 Å². The molecule has 0 aliphatic carbocycles. The molecule has 0 unspecified atom stereocenters. The molecule has 1 heterocycles. The molecule has 0 N–H and O–H groups in total. The highest BCUT2D eigenvalue weighted by Gasteiger charge is 2.34. The molecule has 0 bridgehead atoms. The van der Waals surface area contributed by atoms with Crippen molar-refractivity contribution in [2.24, 2.45) is 4.99 Å². The van der Waals surface area contributed by atoms with Gasteiger partial charge in [0.05, 0.1) is 23.4 Å². The van der Waals surface area contributed by atoms with E-state index in [0.29, 0.717) is 11.1 Å². The van der Waals surface area contributed by atoms with E-state index in [9.17, 15) is 9.59 Å². The van der Waals surface area contributed by atoms with E-state index in [-0.39, 0.29) is 18.4 Å². The predicted molar refractivity (Wildman–Crippen MR) is 90.3 cm³/mol. The van der Waals surface area contributed by atoms with Crippen LogP contribution in [0, 0.1) is 6.92 Å². The van der Waals surface area contributed by atoms with Crippen molar-refractivity contribution in [2.45, 2.75) is 27.3 Å². The molecule has 4 heteroatoms. The SMILES string of the molecule is CC(C)=Nc1ccc(CN2C(=O)c3ccccc3C2=O)cc1C. The largest absolute Gasteiger partial charge is 0.270 e. The van der Waals surface area contributed by atoms with Crippen LogP contribution in [-0.2, 0) is 6.54 Å². The van der Waals surface area contributed by atoms with Gasteiger partial charge in [0, 0.05) is 5.71 Å². The van der Waals surface area contributed by atoms with E-state index in [4.69, 9.17) is 0 Å². The van der Waals surface area contributed by atoms with Crippen molar-refractivity contribution < 1.29 is 9.59 Å². The molecule has 0 fully saturated rings. The highest BCUT2D eigenvalue weighted by Crippen LogP contribution is 2.26. The van der Waals surface area contributed by atoms with Gasteiger partial charge in [-0.15, -0.1) is 0 Å². The maximum absolute atomic E-state index is 12.4. The van der Waals surface area contributed by atoms with E-state index in [1.165, 1.54) is 4.90 Å². The van der Waals surface area contributed by atoms with Gasteiger partial charge in [-0.05, 0) is 50.1 Å². The molecule has 0 atom stereocenters. The Morgan fingerprint density at radius 1 is 1.00 bits per heavy atom. The quantitative estimate of drug-likeness (QED) is 0.638. The van der Waals surface area contributed by atoms with Crippen LogP contribution in [0.4, 0.5) is 5.69 Å². The third-order valence-corrected chi connectivity index (χ3v) is 3.82. The van der Waals surface area contributed by atoms with Gasteiger partial charge in [-0.25, -0.2) is 0 Å². The first-order chi connectivity index (χ1) is 11.0. The van der Waals surface area contributed by atoms with Gasteiger partial charge in [-0.1, -0.05) is 24.3 Å². The number of carbonyl (C=O) groups excluding carboxylic acids is 2. The lowest BCUT2D eigenvalue weighted by molar-refractivity contribution is 0.0642. The first kappa shape index (κ1) is 15.2. The zero-order valence-electron chi connectivity index (χ0n) is 13.5. The Balaban J connectivity index is 1.87. The van der Waals surface area contributed by atoms with Crippen LogP contribution in [0.15, 0.2) is 47.5 Å². The number of nitrogens with zero attached hydrogens (tertiary/aromatic N) is 2. The van der Waals surface area contributed by atoms with Crippen molar-refractivity contribution in [1.82, 2.24) is 4.90 Å². The fourth-order valence-corrected chi connectivity index (χ4v) is 2.75. The Morgan fingerprint density at radius 3 is 2.13 bits per heavy atom.